The lowest BCUT2D eigenvalue weighted by Crippen LogP contribution is -2.15. The van der Waals surface area contributed by atoms with Crippen LogP contribution in [0.3, 0.4) is 0 Å². The van der Waals surface area contributed by atoms with Crippen LogP contribution < -0.4 is 0 Å². The van der Waals surface area contributed by atoms with Crippen molar-refractivity contribution in [2.45, 2.75) is 19.4 Å². The maximum absolute atomic E-state index is 10.1. The fraction of sp³-hybridized carbons (Fsp3) is 0.235. The summed E-state index contributed by atoms with van der Waals surface area (Å²) in [6.07, 6.45) is 0. The number of aliphatic hydroxyl groups is 1. The number of nitrogens with zero attached hydrogens (tertiary/aromatic N) is 2. The van der Waals surface area contributed by atoms with Gasteiger partial charge in [0.15, 0.2) is 0 Å². The van der Waals surface area contributed by atoms with Crippen LogP contribution >= 0.6 is 0 Å². The zero-order chi connectivity index (χ0) is 14.3. The summed E-state index contributed by atoms with van der Waals surface area (Å²) in [7, 11) is 2.01. The monoisotopic (exact) mass is 266 g/mol. The molecule has 3 rings (SSSR count). The first-order valence-electron chi connectivity index (χ1n) is 6.71. The van der Waals surface area contributed by atoms with Crippen LogP contribution in [0.1, 0.15) is 19.4 Å². The number of aryl methyl sites for hydroxylation is 1. The second kappa shape index (κ2) is 4.46. The van der Waals surface area contributed by atoms with Gasteiger partial charge >= 0.3 is 0 Å². The lowest BCUT2D eigenvalue weighted by Gasteiger charge is -2.17. The number of aromatic nitrogens is 2. The molecule has 0 unspecified atom stereocenters. The van der Waals surface area contributed by atoms with Gasteiger partial charge in [-0.15, -0.1) is 0 Å². The third-order valence-corrected chi connectivity index (χ3v) is 3.62. The van der Waals surface area contributed by atoms with Crippen LogP contribution in [-0.4, -0.2) is 14.7 Å². The molecule has 0 aliphatic heterocycles. The zero-order valence-electron chi connectivity index (χ0n) is 12.0. The molecular weight excluding hydrogens is 248 g/mol. The van der Waals surface area contributed by atoms with Crippen molar-refractivity contribution in [2.24, 2.45) is 7.05 Å². The molecule has 20 heavy (non-hydrogen) atoms. The van der Waals surface area contributed by atoms with Crippen LogP contribution in [0.15, 0.2) is 48.5 Å². The quantitative estimate of drug-likeness (QED) is 0.771. The summed E-state index contributed by atoms with van der Waals surface area (Å²) < 4.78 is 2.07. The Hall–Kier alpha value is -2.13. The van der Waals surface area contributed by atoms with E-state index in [2.05, 4.69) is 21.7 Å². The van der Waals surface area contributed by atoms with Crippen LogP contribution in [0.5, 0.6) is 0 Å². The molecule has 0 fully saturated rings. The molecule has 0 saturated carbocycles. The summed E-state index contributed by atoms with van der Waals surface area (Å²) in [5, 5.41) is 10.1. The predicted molar refractivity (Wildman–Crippen MR) is 81.4 cm³/mol. The van der Waals surface area contributed by atoms with Gasteiger partial charge in [-0.25, -0.2) is 4.98 Å². The highest BCUT2D eigenvalue weighted by Gasteiger charge is 2.18. The standard InChI is InChI=1S/C17H18N2O/c1-17(2,20)13-9-10-14-15(11-13)19(3)16(18-14)12-7-5-4-6-8-12/h4-11,20H,1-3H3. The van der Waals surface area contributed by atoms with Gasteiger partial charge in [0.1, 0.15) is 5.82 Å². The molecule has 102 valence electrons. The highest BCUT2D eigenvalue weighted by atomic mass is 16.3. The minimum atomic E-state index is -0.842. The fourth-order valence-electron chi connectivity index (χ4n) is 2.42. The highest BCUT2D eigenvalue weighted by molar-refractivity contribution is 5.81. The summed E-state index contributed by atoms with van der Waals surface area (Å²) in [5.74, 6) is 0.938. The normalized spacial score (nSPS) is 12.0. The molecule has 2 aromatic carbocycles. The van der Waals surface area contributed by atoms with Crippen molar-refractivity contribution < 1.29 is 5.11 Å². The van der Waals surface area contributed by atoms with Crippen molar-refractivity contribution in [3.05, 3.63) is 54.1 Å². The lowest BCUT2D eigenvalue weighted by atomic mass is 9.98. The number of hydrogen-bond acceptors (Lipinski definition) is 2. The highest BCUT2D eigenvalue weighted by Crippen LogP contribution is 2.27. The van der Waals surface area contributed by atoms with Gasteiger partial charge in [-0.05, 0) is 31.5 Å². The molecule has 0 saturated heterocycles. The van der Waals surface area contributed by atoms with E-state index in [0.717, 1.165) is 28.0 Å². The van der Waals surface area contributed by atoms with Crippen LogP contribution in [-0.2, 0) is 12.6 Å². The third-order valence-electron chi connectivity index (χ3n) is 3.62. The van der Waals surface area contributed by atoms with Gasteiger partial charge < -0.3 is 9.67 Å². The Morgan fingerprint density at radius 1 is 1.05 bits per heavy atom. The van der Waals surface area contributed by atoms with Gasteiger partial charge in [-0.3, -0.25) is 0 Å². The van der Waals surface area contributed by atoms with Crippen molar-refractivity contribution in [1.82, 2.24) is 9.55 Å². The maximum atomic E-state index is 10.1. The first-order valence-corrected chi connectivity index (χ1v) is 6.71. The molecule has 3 nitrogen and oxygen atoms in total. The van der Waals surface area contributed by atoms with E-state index in [1.807, 2.05) is 43.4 Å². The van der Waals surface area contributed by atoms with E-state index in [4.69, 9.17) is 0 Å². The molecule has 0 aliphatic rings. The smallest absolute Gasteiger partial charge is 0.140 e. The summed E-state index contributed by atoms with van der Waals surface area (Å²) in [6, 6.07) is 16.0. The van der Waals surface area contributed by atoms with Crippen molar-refractivity contribution in [2.75, 3.05) is 0 Å². The second-order valence-electron chi connectivity index (χ2n) is 5.62. The van der Waals surface area contributed by atoms with E-state index in [-0.39, 0.29) is 0 Å². The van der Waals surface area contributed by atoms with Crippen molar-refractivity contribution >= 4 is 11.0 Å². The Morgan fingerprint density at radius 3 is 2.40 bits per heavy atom. The Labute approximate surface area is 118 Å². The average Bonchev–Trinajstić information content (AvgIpc) is 2.76. The van der Waals surface area contributed by atoms with Gasteiger partial charge in [0, 0.05) is 12.6 Å². The average molecular weight is 266 g/mol. The van der Waals surface area contributed by atoms with Gasteiger partial charge in [-0.2, -0.15) is 0 Å². The second-order valence-corrected chi connectivity index (χ2v) is 5.62. The van der Waals surface area contributed by atoms with E-state index < -0.39 is 5.60 Å². The van der Waals surface area contributed by atoms with Gasteiger partial charge in [0.25, 0.3) is 0 Å². The van der Waals surface area contributed by atoms with E-state index in [1.54, 1.807) is 13.8 Å². The largest absolute Gasteiger partial charge is 0.386 e. The zero-order valence-corrected chi connectivity index (χ0v) is 12.0. The molecule has 0 aliphatic carbocycles. The Bertz CT molecular complexity index is 752. The minimum Gasteiger partial charge on any atom is -0.386 e. The van der Waals surface area contributed by atoms with Crippen molar-refractivity contribution in [1.29, 1.82) is 0 Å². The molecule has 0 bridgehead atoms. The molecule has 0 radical (unpaired) electrons. The number of imidazole rings is 1. The Balaban J connectivity index is 2.21. The Morgan fingerprint density at radius 2 is 1.75 bits per heavy atom. The number of fused-ring (bicyclic) bond motifs is 1. The lowest BCUT2D eigenvalue weighted by molar-refractivity contribution is 0.0787. The van der Waals surface area contributed by atoms with E-state index in [1.165, 1.54) is 0 Å². The summed E-state index contributed by atoms with van der Waals surface area (Å²) in [5.41, 5.74) is 3.12. The van der Waals surface area contributed by atoms with Gasteiger partial charge in [0.05, 0.1) is 16.6 Å². The Kier molecular flexibility index (Phi) is 2.87. The summed E-state index contributed by atoms with van der Waals surface area (Å²) in [6.45, 7) is 3.59. The van der Waals surface area contributed by atoms with Gasteiger partial charge in [-0.1, -0.05) is 36.4 Å². The first kappa shape index (κ1) is 12.9. The number of rotatable bonds is 2. The molecule has 0 atom stereocenters. The molecular formula is C17H18N2O. The maximum Gasteiger partial charge on any atom is 0.140 e. The van der Waals surface area contributed by atoms with Crippen LogP contribution in [0.4, 0.5) is 0 Å². The molecule has 1 aromatic heterocycles. The van der Waals surface area contributed by atoms with E-state index >= 15 is 0 Å². The predicted octanol–water partition coefficient (Wildman–Crippen LogP) is 3.47. The summed E-state index contributed by atoms with van der Waals surface area (Å²) >= 11 is 0. The number of benzene rings is 2. The third kappa shape index (κ3) is 2.10. The van der Waals surface area contributed by atoms with Crippen molar-refractivity contribution in [3.63, 3.8) is 0 Å². The molecule has 1 N–H and O–H groups in total. The first-order chi connectivity index (χ1) is 9.47. The van der Waals surface area contributed by atoms with E-state index in [9.17, 15) is 5.11 Å². The van der Waals surface area contributed by atoms with E-state index in [0.29, 0.717) is 0 Å². The van der Waals surface area contributed by atoms with Crippen LogP contribution in [0.25, 0.3) is 22.4 Å². The molecule has 3 aromatic rings. The van der Waals surface area contributed by atoms with Crippen molar-refractivity contribution in [3.8, 4) is 11.4 Å². The molecule has 1 heterocycles. The topological polar surface area (TPSA) is 38.0 Å². The molecule has 0 amide bonds. The molecule has 0 spiro atoms. The van der Waals surface area contributed by atoms with Gasteiger partial charge in [0.2, 0.25) is 0 Å². The van der Waals surface area contributed by atoms with Crippen LogP contribution in [0.2, 0.25) is 0 Å². The fourth-order valence-corrected chi connectivity index (χ4v) is 2.42. The minimum absolute atomic E-state index is 0.842. The molecule has 3 heteroatoms. The van der Waals surface area contributed by atoms with Crippen LogP contribution in [0, 0.1) is 0 Å². The number of hydrogen-bond donors (Lipinski definition) is 1. The SMILES string of the molecule is Cn1c(-c2ccccc2)nc2ccc(C(C)(C)O)cc21. The summed E-state index contributed by atoms with van der Waals surface area (Å²) in [4.78, 5) is 4.69.